The highest BCUT2D eigenvalue weighted by molar-refractivity contribution is 5.04. The number of nitrogens with two attached hydrogens (primary N) is 1. The van der Waals surface area contributed by atoms with E-state index in [0.717, 1.165) is 18.8 Å². The maximum atomic E-state index is 5.88. The molecule has 0 aliphatic rings. The van der Waals surface area contributed by atoms with Crippen LogP contribution in [0.2, 0.25) is 0 Å². The van der Waals surface area contributed by atoms with Gasteiger partial charge in [0.2, 0.25) is 0 Å². The Labute approximate surface area is 104 Å². The Morgan fingerprint density at radius 1 is 1.47 bits per heavy atom. The quantitative estimate of drug-likeness (QED) is 0.776. The first-order valence-corrected chi connectivity index (χ1v) is 6.00. The summed E-state index contributed by atoms with van der Waals surface area (Å²) in [5, 5.41) is 0. The topological polar surface area (TPSA) is 51.4 Å². The Kier molecular flexibility index (Phi) is 5.55. The largest absolute Gasteiger partial charge is 0.383 e. The molecule has 1 aromatic heterocycles. The van der Waals surface area contributed by atoms with Crippen LogP contribution in [0.25, 0.3) is 0 Å². The Bertz CT molecular complexity index is 318. The summed E-state index contributed by atoms with van der Waals surface area (Å²) in [6, 6.07) is 5.97. The standard InChI is InChI=1S/C13H23N3O/c1-4-16(13(2,10-14)11-17-3)9-12-7-5-6-8-15-12/h5-8H,4,9-11,14H2,1-3H3. The van der Waals surface area contributed by atoms with Gasteiger partial charge in [0.25, 0.3) is 0 Å². The van der Waals surface area contributed by atoms with Crippen molar-refractivity contribution in [2.45, 2.75) is 25.9 Å². The van der Waals surface area contributed by atoms with Crippen LogP contribution < -0.4 is 5.73 Å². The highest BCUT2D eigenvalue weighted by Crippen LogP contribution is 2.16. The molecule has 0 bridgehead atoms. The first-order chi connectivity index (χ1) is 8.16. The van der Waals surface area contributed by atoms with E-state index in [1.54, 1.807) is 7.11 Å². The molecular formula is C13H23N3O. The molecule has 96 valence electrons. The Hall–Kier alpha value is -0.970. The van der Waals surface area contributed by atoms with Gasteiger partial charge in [-0.2, -0.15) is 0 Å². The van der Waals surface area contributed by atoms with Crippen molar-refractivity contribution in [2.24, 2.45) is 5.73 Å². The van der Waals surface area contributed by atoms with Gasteiger partial charge in [-0.05, 0) is 25.6 Å². The second-order valence-electron chi connectivity index (χ2n) is 4.47. The van der Waals surface area contributed by atoms with E-state index < -0.39 is 0 Å². The molecule has 1 heterocycles. The zero-order chi connectivity index (χ0) is 12.7. The summed E-state index contributed by atoms with van der Waals surface area (Å²) in [7, 11) is 1.71. The van der Waals surface area contributed by atoms with Gasteiger partial charge in [0.15, 0.2) is 0 Å². The molecule has 17 heavy (non-hydrogen) atoms. The van der Waals surface area contributed by atoms with Crippen molar-refractivity contribution in [3.8, 4) is 0 Å². The average Bonchev–Trinajstić information content (AvgIpc) is 2.37. The fourth-order valence-corrected chi connectivity index (χ4v) is 1.96. The monoisotopic (exact) mass is 237 g/mol. The highest BCUT2D eigenvalue weighted by Gasteiger charge is 2.29. The maximum Gasteiger partial charge on any atom is 0.0656 e. The van der Waals surface area contributed by atoms with Crippen LogP contribution in [0.3, 0.4) is 0 Å². The Balaban J connectivity index is 2.76. The van der Waals surface area contributed by atoms with E-state index in [2.05, 4.69) is 23.7 Å². The third kappa shape index (κ3) is 3.77. The summed E-state index contributed by atoms with van der Waals surface area (Å²) in [6.45, 7) is 7.18. The first-order valence-electron chi connectivity index (χ1n) is 6.00. The van der Waals surface area contributed by atoms with Crippen molar-refractivity contribution in [3.05, 3.63) is 30.1 Å². The molecule has 0 fully saturated rings. The van der Waals surface area contributed by atoms with Gasteiger partial charge < -0.3 is 10.5 Å². The minimum absolute atomic E-state index is 0.138. The van der Waals surface area contributed by atoms with Gasteiger partial charge in [-0.25, -0.2) is 0 Å². The lowest BCUT2D eigenvalue weighted by Crippen LogP contribution is -2.54. The van der Waals surface area contributed by atoms with E-state index in [0.29, 0.717) is 13.2 Å². The number of methoxy groups -OCH3 is 1. The van der Waals surface area contributed by atoms with Crippen LogP contribution in [0.5, 0.6) is 0 Å². The van der Waals surface area contributed by atoms with Crippen LogP contribution in [0, 0.1) is 0 Å². The van der Waals surface area contributed by atoms with E-state index in [1.807, 2.05) is 24.4 Å². The molecule has 1 atom stereocenters. The van der Waals surface area contributed by atoms with Gasteiger partial charge in [0, 0.05) is 26.4 Å². The van der Waals surface area contributed by atoms with E-state index in [4.69, 9.17) is 10.5 Å². The number of likely N-dealkylation sites (N-methyl/N-ethyl adjacent to an activating group) is 1. The number of aromatic nitrogens is 1. The summed E-state index contributed by atoms with van der Waals surface area (Å²) >= 11 is 0. The number of hydrogen-bond acceptors (Lipinski definition) is 4. The molecule has 0 saturated heterocycles. The summed E-state index contributed by atoms with van der Waals surface area (Å²) in [6.07, 6.45) is 1.82. The number of pyridine rings is 1. The molecule has 0 amide bonds. The molecule has 4 nitrogen and oxygen atoms in total. The predicted molar refractivity (Wildman–Crippen MR) is 69.7 cm³/mol. The summed E-state index contributed by atoms with van der Waals surface area (Å²) in [5.74, 6) is 0. The minimum atomic E-state index is -0.138. The van der Waals surface area contributed by atoms with Crippen molar-refractivity contribution in [3.63, 3.8) is 0 Å². The molecule has 0 radical (unpaired) electrons. The SMILES string of the molecule is CCN(Cc1ccccn1)C(C)(CN)COC. The van der Waals surface area contributed by atoms with Crippen LogP contribution in [0.4, 0.5) is 0 Å². The number of ether oxygens (including phenoxy) is 1. The second kappa shape index (κ2) is 6.69. The fourth-order valence-electron chi connectivity index (χ4n) is 1.96. The molecule has 1 unspecified atom stereocenters. The molecule has 0 aliphatic carbocycles. The molecule has 0 spiro atoms. The molecule has 0 saturated carbocycles. The van der Waals surface area contributed by atoms with Crippen LogP contribution in [0.15, 0.2) is 24.4 Å². The van der Waals surface area contributed by atoms with Crippen LogP contribution in [-0.2, 0) is 11.3 Å². The number of hydrogen-bond donors (Lipinski definition) is 1. The molecule has 0 aromatic carbocycles. The van der Waals surface area contributed by atoms with Gasteiger partial charge in [0.1, 0.15) is 0 Å². The van der Waals surface area contributed by atoms with E-state index >= 15 is 0 Å². The van der Waals surface area contributed by atoms with Gasteiger partial charge >= 0.3 is 0 Å². The van der Waals surface area contributed by atoms with Crippen molar-refractivity contribution in [1.82, 2.24) is 9.88 Å². The van der Waals surface area contributed by atoms with Gasteiger partial charge in [-0.3, -0.25) is 9.88 Å². The normalized spacial score (nSPS) is 14.9. The van der Waals surface area contributed by atoms with Crippen LogP contribution in [0.1, 0.15) is 19.5 Å². The molecule has 1 aromatic rings. The predicted octanol–water partition coefficient (Wildman–Crippen LogP) is 1.27. The van der Waals surface area contributed by atoms with Crippen molar-refractivity contribution >= 4 is 0 Å². The van der Waals surface area contributed by atoms with Crippen LogP contribution >= 0.6 is 0 Å². The number of nitrogens with zero attached hydrogens (tertiary/aromatic N) is 2. The molecule has 2 N–H and O–H groups in total. The second-order valence-corrected chi connectivity index (χ2v) is 4.47. The minimum Gasteiger partial charge on any atom is -0.383 e. The van der Waals surface area contributed by atoms with Gasteiger partial charge in [-0.1, -0.05) is 13.0 Å². The average molecular weight is 237 g/mol. The van der Waals surface area contributed by atoms with Crippen LogP contribution in [-0.4, -0.2) is 42.2 Å². The summed E-state index contributed by atoms with van der Waals surface area (Å²) < 4.78 is 5.28. The maximum absolute atomic E-state index is 5.88. The highest BCUT2D eigenvalue weighted by atomic mass is 16.5. The van der Waals surface area contributed by atoms with E-state index in [9.17, 15) is 0 Å². The third-order valence-corrected chi connectivity index (χ3v) is 3.12. The van der Waals surface area contributed by atoms with E-state index in [1.165, 1.54) is 0 Å². The van der Waals surface area contributed by atoms with Gasteiger partial charge in [0.05, 0.1) is 17.8 Å². The zero-order valence-electron chi connectivity index (χ0n) is 11.0. The molecule has 0 aliphatic heterocycles. The summed E-state index contributed by atoms with van der Waals surface area (Å²) in [4.78, 5) is 6.66. The van der Waals surface area contributed by atoms with Crippen molar-refractivity contribution in [1.29, 1.82) is 0 Å². The van der Waals surface area contributed by atoms with E-state index in [-0.39, 0.29) is 5.54 Å². The zero-order valence-corrected chi connectivity index (χ0v) is 11.0. The van der Waals surface area contributed by atoms with Crippen molar-refractivity contribution in [2.75, 3.05) is 26.8 Å². The molecular weight excluding hydrogens is 214 g/mol. The third-order valence-electron chi connectivity index (χ3n) is 3.12. The first kappa shape index (κ1) is 14.1. The van der Waals surface area contributed by atoms with Crippen molar-refractivity contribution < 1.29 is 4.74 Å². The lowest BCUT2D eigenvalue weighted by molar-refractivity contribution is 0.0242. The smallest absolute Gasteiger partial charge is 0.0656 e. The Morgan fingerprint density at radius 3 is 2.71 bits per heavy atom. The summed E-state index contributed by atoms with van der Waals surface area (Å²) in [5.41, 5.74) is 6.80. The molecule has 1 rings (SSSR count). The lowest BCUT2D eigenvalue weighted by atomic mass is 10.0. The molecule has 4 heteroatoms. The van der Waals surface area contributed by atoms with Gasteiger partial charge in [-0.15, -0.1) is 0 Å². The Morgan fingerprint density at radius 2 is 2.24 bits per heavy atom. The number of rotatable bonds is 7. The lowest BCUT2D eigenvalue weighted by Gasteiger charge is -2.39. The fraction of sp³-hybridized carbons (Fsp3) is 0.615.